The summed E-state index contributed by atoms with van der Waals surface area (Å²) in [4.78, 5) is 0. The van der Waals surface area contributed by atoms with Gasteiger partial charge in [0, 0.05) is 6.04 Å². The Kier molecular flexibility index (Phi) is 4.11. The van der Waals surface area contributed by atoms with Crippen LogP contribution in [0.4, 0.5) is 0 Å². The number of aromatic nitrogens is 3. The summed E-state index contributed by atoms with van der Waals surface area (Å²) in [5.74, 6) is 0.931. The van der Waals surface area contributed by atoms with Crippen molar-refractivity contribution in [2.75, 3.05) is 0 Å². The number of rotatable bonds is 4. The molecule has 4 heteroatoms. The fourth-order valence-electron chi connectivity index (χ4n) is 3.12. The van der Waals surface area contributed by atoms with Crippen LogP contribution in [0.3, 0.4) is 0 Å². The van der Waals surface area contributed by atoms with E-state index in [9.17, 15) is 0 Å². The molecule has 1 aliphatic carbocycles. The zero-order valence-corrected chi connectivity index (χ0v) is 11.8. The fraction of sp³-hybridized carbons (Fsp3) is 0.500. The van der Waals surface area contributed by atoms with Crippen LogP contribution in [-0.2, 0) is 6.42 Å². The van der Waals surface area contributed by atoms with Gasteiger partial charge in [0.15, 0.2) is 0 Å². The molecule has 1 heterocycles. The van der Waals surface area contributed by atoms with Crippen LogP contribution in [0, 0.1) is 0 Å². The minimum absolute atomic E-state index is 0.0816. The third kappa shape index (κ3) is 2.90. The van der Waals surface area contributed by atoms with Crippen molar-refractivity contribution in [2.24, 2.45) is 5.73 Å². The highest BCUT2D eigenvalue weighted by Gasteiger charge is 2.21. The molecule has 2 aromatic rings. The zero-order valence-electron chi connectivity index (χ0n) is 11.8. The lowest BCUT2D eigenvalue weighted by Gasteiger charge is -2.25. The predicted octanol–water partition coefficient (Wildman–Crippen LogP) is 3.03. The lowest BCUT2D eigenvalue weighted by Crippen LogP contribution is -2.22. The molecule has 0 radical (unpaired) electrons. The van der Waals surface area contributed by atoms with Gasteiger partial charge < -0.3 is 10.3 Å². The first kappa shape index (κ1) is 13.3. The largest absolute Gasteiger partial charge is 0.321 e. The Morgan fingerprint density at radius 1 is 1.15 bits per heavy atom. The smallest absolute Gasteiger partial charge is 0.150 e. The first-order valence-corrected chi connectivity index (χ1v) is 7.53. The lowest BCUT2D eigenvalue weighted by atomic mass is 9.95. The SMILES string of the molecule is N[C@H](Cc1ccccc1)c1nncn1C1CCCCC1. The maximum absolute atomic E-state index is 6.36. The zero-order chi connectivity index (χ0) is 13.8. The third-order valence-electron chi connectivity index (χ3n) is 4.20. The molecular formula is C16H22N4. The van der Waals surface area contributed by atoms with Crippen molar-refractivity contribution in [1.82, 2.24) is 14.8 Å². The van der Waals surface area contributed by atoms with Gasteiger partial charge in [-0.3, -0.25) is 0 Å². The van der Waals surface area contributed by atoms with Crippen molar-refractivity contribution in [3.8, 4) is 0 Å². The van der Waals surface area contributed by atoms with Crippen LogP contribution >= 0.6 is 0 Å². The van der Waals surface area contributed by atoms with E-state index in [1.807, 2.05) is 24.5 Å². The maximum Gasteiger partial charge on any atom is 0.150 e. The van der Waals surface area contributed by atoms with Crippen molar-refractivity contribution in [1.29, 1.82) is 0 Å². The second-order valence-electron chi connectivity index (χ2n) is 5.68. The second kappa shape index (κ2) is 6.18. The number of hydrogen-bond donors (Lipinski definition) is 1. The van der Waals surface area contributed by atoms with Gasteiger partial charge in [-0.1, -0.05) is 49.6 Å². The Morgan fingerprint density at radius 3 is 2.65 bits per heavy atom. The standard InChI is InChI=1S/C16H22N4/c17-15(11-13-7-3-1-4-8-13)16-19-18-12-20(16)14-9-5-2-6-10-14/h1,3-4,7-8,12,14-15H,2,5-6,9-11,17H2/t15-/m1/s1. The molecule has 2 N–H and O–H groups in total. The summed E-state index contributed by atoms with van der Waals surface area (Å²) in [5, 5.41) is 8.37. The summed E-state index contributed by atoms with van der Waals surface area (Å²) in [6.07, 6.45) is 9.07. The van der Waals surface area contributed by atoms with Crippen LogP contribution in [0.15, 0.2) is 36.7 Å². The van der Waals surface area contributed by atoms with E-state index in [0.29, 0.717) is 6.04 Å². The average molecular weight is 270 g/mol. The van der Waals surface area contributed by atoms with Crippen molar-refractivity contribution < 1.29 is 0 Å². The van der Waals surface area contributed by atoms with Crippen molar-refractivity contribution in [3.05, 3.63) is 48.0 Å². The minimum Gasteiger partial charge on any atom is -0.321 e. The molecule has 106 valence electrons. The van der Waals surface area contributed by atoms with E-state index in [-0.39, 0.29) is 6.04 Å². The molecule has 1 aliphatic rings. The first-order chi connectivity index (χ1) is 9.84. The van der Waals surface area contributed by atoms with Gasteiger partial charge in [-0.2, -0.15) is 0 Å². The van der Waals surface area contributed by atoms with Crippen LogP contribution in [0.2, 0.25) is 0 Å². The quantitative estimate of drug-likeness (QED) is 0.929. The Balaban J connectivity index is 1.75. The molecule has 0 amide bonds. The number of nitrogens with two attached hydrogens (primary N) is 1. The number of benzene rings is 1. The van der Waals surface area contributed by atoms with E-state index in [1.54, 1.807) is 0 Å². The van der Waals surface area contributed by atoms with Crippen LogP contribution in [0.1, 0.15) is 55.6 Å². The fourth-order valence-corrected chi connectivity index (χ4v) is 3.12. The van der Waals surface area contributed by atoms with Crippen molar-refractivity contribution >= 4 is 0 Å². The first-order valence-electron chi connectivity index (χ1n) is 7.53. The van der Waals surface area contributed by atoms with E-state index < -0.39 is 0 Å². The second-order valence-corrected chi connectivity index (χ2v) is 5.68. The van der Waals surface area contributed by atoms with Gasteiger partial charge in [-0.25, -0.2) is 0 Å². The molecule has 1 atom stereocenters. The van der Waals surface area contributed by atoms with Gasteiger partial charge >= 0.3 is 0 Å². The highest BCUT2D eigenvalue weighted by Crippen LogP contribution is 2.30. The maximum atomic E-state index is 6.36. The summed E-state index contributed by atoms with van der Waals surface area (Å²) < 4.78 is 2.22. The summed E-state index contributed by atoms with van der Waals surface area (Å²) in [6, 6.07) is 10.8. The monoisotopic (exact) mass is 270 g/mol. The molecule has 0 saturated heterocycles. The molecular weight excluding hydrogens is 248 g/mol. The van der Waals surface area contributed by atoms with Gasteiger partial charge in [0.25, 0.3) is 0 Å². The lowest BCUT2D eigenvalue weighted by molar-refractivity contribution is 0.340. The molecule has 0 bridgehead atoms. The van der Waals surface area contributed by atoms with Gasteiger partial charge in [0.05, 0.1) is 6.04 Å². The molecule has 1 aromatic heterocycles. The number of nitrogens with zero attached hydrogens (tertiary/aromatic N) is 3. The van der Waals surface area contributed by atoms with Crippen LogP contribution in [0.5, 0.6) is 0 Å². The van der Waals surface area contributed by atoms with Gasteiger partial charge in [-0.15, -0.1) is 10.2 Å². The van der Waals surface area contributed by atoms with Crippen LogP contribution in [0.25, 0.3) is 0 Å². The molecule has 0 aliphatic heterocycles. The normalized spacial score (nSPS) is 18.1. The highest BCUT2D eigenvalue weighted by atomic mass is 15.3. The Morgan fingerprint density at radius 2 is 1.90 bits per heavy atom. The van der Waals surface area contributed by atoms with Crippen LogP contribution < -0.4 is 5.73 Å². The molecule has 0 spiro atoms. The summed E-state index contributed by atoms with van der Waals surface area (Å²) in [5.41, 5.74) is 7.60. The molecule has 1 fully saturated rings. The van der Waals surface area contributed by atoms with E-state index in [0.717, 1.165) is 12.2 Å². The van der Waals surface area contributed by atoms with E-state index in [4.69, 9.17) is 5.73 Å². The molecule has 4 nitrogen and oxygen atoms in total. The summed E-state index contributed by atoms with van der Waals surface area (Å²) >= 11 is 0. The minimum atomic E-state index is -0.0816. The van der Waals surface area contributed by atoms with Crippen molar-refractivity contribution in [3.63, 3.8) is 0 Å². The topological polar surface area (TPSA) is 56.7 Å². The number of hydrogen-bond acceptors (Lipinski definition) is 3. The van der Waals surface area contributed by atoms with Gasteiger partial charge in [-0.05, 0) is 24.8 Å². The van der Waals surface area contributed by atoms with E-state index >= 15 is 0 Å². The van der Waals surface area contributed by atoms with E-state index in [2.05, 4.69) is 26.9 Å². The predicted molar refractivity (Wildman–Crippen MR) is 79.2 cm³/mol. The molecule has 0 unspecified atom stereocenters. The third-order valence-corrected chi connectivity index (χ3v) is 4.20. The van der Waals surface area contributed by atoms with Gasteiger partial charge in [0.1, 0.15) is 12.2 Å². The molecule has 20 heavy (non-hydrogen) atoms. The Hall–Kier alpha value is -1.68. The Labute approximate surface area is 120 Å². The van der Waals surface area contributed by atoms with Gasteiger partial charge in [0.2, 0.25) is 0 Å². The highest BCUT2D eigenvalue weighted by molar-refractivity contribution is 5.17. The Bertz CT molecular complexity index is 528. The summed E-state index contributed by atoms with van der Waals surface area (Å²) in [7, 11) is 0. The summed E-state index contributed by atoms with van der Waals surface area (Å²) in [6.45, 7) is 0. The average Bonchev–Trinajstić information content (AvgIpc) is 2.99. The molecule has 1 aromatic carbocycles. The molecule has 3 rings (SSSR count). The van der Waals surface area contributed by atoms with E-state index in [1.165, 1.54) is 37.7 Å². The van der Waals surface area contributed by atoms with Crippen LogP contribution in [-0.4, -0.2) is 14.8 Å². The molecule has 1 saturated carbocycles. The van der Waals surface area contributed by atoms with Crippen molar-refractivity contribution in [2.45, 2.75) is 50.6 Å².